The minimum Gasteiger partial charge on any atom is -0.305 e. The van der Waals surface area contributed by atoms with Gasteiger partial charge in [-0.15, -0.1) is 0 Å². The van der Waals surface area contributed by atoms with Gasteiger partial charge >= 0.3 is 0 Å². The lowest BCUT2D eigenvalue weighted by Crippen LogP contribution is -2.36. The number of nitrogens with zero attached hydrogens (tertiary/aromatic N) is 4. The molecule has 0 aliphatic rings. The second-order valence-electron chi connectivity index (χ2n) is 5.49. The molecule has 0 radical (unpaired) electrons. The summed E-state index contributed by atoms with van der Waals surface area (Å²) in [6.07, 6.45) is 3.33. The molecular formula is C13H17BrN4O. The fourth-order valence-electron chi connectivity index (χ4n) is 1.90. The summed E-state index contributed by atoms with van der Waals surface area (Å²) in [5.41, 5.74) is 1.27. The van der Waals surface area contributed by atoms with Crippen LogP contribution in [0, 0.1) is 13.8 Å². The van der Waals surface area contributed by atoms with E-state index in [4.69, 9.17) is 0 Å². The molecule has 2 heterocycles. The Morgan fingerprint density at radius 2 is 1.89 bits per heavy atom. The summed E-state index contributed by atoms with van der Waals surface area (Å²) in [5.74, 6) is 0.323. The molecule has 5 nitrogen and oxygen atoms in total. The second kappa shape index (κ2) is 4.59. The van der Waals surface area contributed by atoms with E-state index in [1.165, 1.54) is 0 Å². The molecule has 0 aliphatic carbocycles. The van der Waals surface area contributed by atoms with Crippen LogP contribution < -0.4 is 5.56 Å². The molecule has 19 heavy (non-hydrogen) atoms. The van der Waals surface area contributed by atoms with Gasteiger partial charge in [0.2, 0.25) is 5.82 Å². The van der Waals surface area contributed by atoms with Crippen LogP contribution in [0.2, 0.25) is 0 Å². The number of aromatic nitrogens is 4. The van der Waals surface area contributed by atoms with Gasteiger partial charge in [-0.3, -0.25) is 4.79 Å². The first-order chi connectivity index (χ1) is 8.73. The Morgan fingerprint density at radius 1 is 1.26 bits per heavy atom. The molecule has 2 aromatic heterocycles. The van der Waals surface area contributed by atoms with E-state index in [0.29, 0.717) is 5.82 Å². The molecule has 0 fully saturated rings. The maximum Gasteiger partial charge on any atom is 0.296 e. The molecule has 0 N–H and O–H groups in total. The molecule has 0 atom stereocenters. The van der Waals surface area contributed by atoms with Crippen LogP contribution in [0.1, 0.15) is 32.2 Å². The van der Waals surface area contributed by atoms with Crippen molar-refractivity contribution in [1.29, 1.82) is 0 Å². The highest BCUT2D eigenvalue weighted by Gasteiger charge is 2.20. The number of halogens is 1. The van der Waals surface area contributed by atoms with E-state index in [2.05, 4.69) is 26.0 Å². The van der Waals surface area contributed by atoms with Gasteiger partial charge in [0.05, 0.1) is 15.9 Å². The summed E-state index contributed by atoms with van der Waals surface area (Å²) in [7, 11) is 0. The third-order valence-electron chi connectivity index (χ3n) is 2.95. The Hall–Kier alpha value is -1.43. The minimum absolute atomic E-state index is 0.145. The first kappa shape index (κ1) is 14.0. The van der Waals surface area contributed by atoms with Crippen molar-refractivity contribution < 1.29 is 0 Å². The highest BCUT2D eigenvalue weighted by Crippen LogP contribution is 2.21. The average molecular weight is 325 g/mol. The van der Waals surface area contributed by atoms with Gasteiger partial charge in [-0.2, -0.15) is 5.10 Å². The van der Waals surface area contributed by atoms with Crippen LogP contribution in [0.15, 0.2) is 21.7 Å². The van der Waals surface area contributed by atoms with Gasteiger partial charge in [0.15, 0.2) is 0 Å². The molecule has 0 spiro atoms. The van der Waals surface area contributed by atoms with E-state index in [-0.39, 0.29) is 11.1 Å². The SMILES string of the molecule is Cc1nn(-c2nccn(C(C)(C)C)c2=O)c(C)c1Br. The largest absolute Gasteiger partial charge is 0.305 e. The summed E-state index contributed by atoms with van der Waals surface area (Å²) >= 11 is 3.46. The Bertz CT molecular complexity index is 679. The van der Waals surface area contributed by atoms with Crippen molar-refractivity contribution >= 4 is 15.9 Å². The average Bonchev–Trinajstić information content (AvgIpc) is 2.56. The maximum atomic E-state index is 12.5. The number of rotatable bonds is 1. The van der Waals surface area contributed by atoms with Gasteiger partial charge in [0, 0.05) is 17.9 Å². The third kappa shape index (κ3) is 2.36. The number of hydrogen-bond donors (Lipinski definition) is 0. The fourth-order valence-corrected chi connectivity index (χ4v) is 2.15. The predicted molar refractivity (Wildman–Crippen MR) is 77.8 cm³/mol. The molecule has 102 valence electrons. The van der Waals surface area contributed by atoms with Crippen molar-refractivity contribution in [1.82, 2.24) is 19.3 Å². The summed E-state index contributed by atoms with van der Waals surface area (Å²) in [4.78, 5) is 16.7. The summed E-state index contributed by atoms with van der Waals surface area (Å²) in [6, 6.07) is 0. The molecule has 0 aromatic carbocycles. The van der Waals surface area contributed by atoms with Crippen LogP contribution in [0.4, 0.5) is 0 Å². The lowest BCUT2D eigenvalue weighted by Gasteiger charge is -2.22. The summed E-state index contributed by atoms with van der Waals surface area (Å²) in [5, 5.41) is 4.36. The molecule has 6 heteroatoms. The smallest absolute Gasteiger partial charge is 0.296 e. The van der Waals surface area contributed by atoms with E-state index < -0.39 is 0 Å². The van der Waals surface area contributed by atoms with Crippen molar-refractivity contribution in [3.63, 3.8) is 0 Å². The number of aryl methyl sites for hydroxylation is 1. The van der Waals surface area contributed by atoms with E-state index in [0.717, 1.165) is 15.9 Å². The van der Waals surface area contributed by atoms with Crippen molar-refractivity contribution in [3.8, 4) is 5.82 Å². The van der Waals surface area contributed by atoms with E-state index in [1.807, 2.05) is 34.6 Å². The first-order valence-corrected chi connectivity index (χ1v) is 6.83. The molecule has 0 aliphatic heterocycles. The Morgan fingerprint density at radius 3 is 2.37 bits per heavy atom. The second-order valence-corrected chi connectivity index (χ2v) is 6.29. The van der Waals surface area contributed by atoms with Crippen molar-refractivity contribution in [3.05, 3.63) is 38.6 Å². The van der Waals surface area contributed by atoms with Gasteiger partial charge in [-0.1, -0.05) is 0 Å². The minimum atomic E-state index is -0.290. The molecule has 0 amide bonds. The zero-order valence-corrected chi connectivity index (χ0v) is 13.3. The van der Waals surface area contributed by atoms with Crippen LogP contribution >= 0.6 is 15.9 Å². The molecule has 2 aromatic rings. The standard InChI is InChI=1S/C13H17BrN4O/c1-8-10(14)9(2)18(16-8)11-12(19)17(7-6-15-11)13(3,4)5/h6-7H,1-5H3. The Balaban J connectivity index is 2.71. The number of hydrogen-bond acceptors (Lipinski definition) is 3. The molecule has 0 saturated carbocycles. The van der Waals surface area contributed by atoms with Crippen molar-refractivity contribution in [2.75, 3.05) is 0 Å². The van der Waals surface area contributed by atoms with Crippen molar-refractivity contribution in [2.45, 2.75) is 40.2 Å². The topological polar surface area (TPSA) is 52.7 Å². The van der Waals surface area contributed by atoms with Gasteiger partial charge in [-0.25, -0.2) is 9.67 Å². The Kier molecular flexibility index (Phi) is 3.38. The maximum absolute atomic E-state index is 12.5. The predicted octanol–water partition coefficient (Wildman–Crippen LogP) is 2.56. The van der Waals surface area contributed by atoms with Crippen LogP contribution in [0.25, 0.3) is 5.82 Å². The first-order valence-electron chi connectivity index (χ1n) is 6.03. The lowest BCUT2D eigenvalue weighted by molar-refractivity contribution is 0.381. The van der Waals surface area contributed by atoms with Gasteiger partial charge in [-0.05, 0) is 50.5 Å². The van der Waals surface area contributed by atoms with Gasteiger partial charge in [0.25, 0.3) is 5.56 Å². The molecule has 2 rings (SSSR count). The summed E-state index contributed by atoms with van der Waals surface area (Å²) < 4.78 is 4.16. The normalized spacial score (nSPS) is 11.9. The molecule has 0 unspecified atom stereocenters. The van der Waals surface area contributed by atoms with Crippen LogP contribution in [-0.2, 0) is 5.54 Å². The van der Waals surface area contributed by atoms with E-state index in [9.17, 15) is 4.79 Å². The molecule has 0 saturated heterocycles. The summed E-state index contributed by atoms with van der Waals surface area (Å²) in [6.45, 7) is 9.73. The monoisotopic (exact) mass is 324 g/mol. The fraction of sp³-hybridized carbons (Fsp3) is 0.462. The molecular weight excluding hydrogens is 308 g/mol. The third-order valence-corrected chi connectivity index (χ3v) is 4.10. The van der Waals surface area contributed by atoms with Crippen molar-refractivity contribution in [2.24, 2.45) is 0 Å². The quantitative estimate of drug-likeness (QED) is 0.810. The zero-order valence-electron chi connectivity index (χ0n) is 11.7. The lowest BCUT2D eigenvalue weighted by atomic mass is 10.1. The Labute approximate surface area is 120 Å². The molecule has 0 bridgehead atoms. The van der Waals surface area contributed by atoms with E-state index >= 15 is 0 Å². The van der Waals surface area contributed by atoms with Gasteiger partial charge < -0.3 is 4.57 Å². The van der Waals surface area contributed by atoms with Crippen LogP contribution in [-0.4, -0.2) is 19.3 Å². The highest BCUT2D eigenvalue weighted by molar-refractivity contribution is 9.10. The van der Waals surface area contributed by atoms with Gasteiger partial charge in [0.1, 0.15) is 0 Å². The van der Waals surface area contributed by atoms with Crippen LogP contribution in [0.5, 0.6) is 0 Å². The zero-order chi connectivity index (χ0) is 14.4. The van der Waals surface area contributed by atoms with E-state index in [1.54, 1.807) is 21.6 Å². The highest BCUT2D eigenvalue weighted by atomic mass is 79.9. The van der Waals surface area contributed by atoms with Crippen LogP contribution in [0.3, 0.4) is 0 Å².